The van der Waals surface area contributed by atoms with E-state index in [2.05, 4.69) is 4.98 Å². The second-order valence-electron chi connectivity index (χ2n) is 3.36. The van der Waals surface area contributed by atoms with Gasteiger partial charge in [-0.2, -0.15) is 0 Å². The summed E-state index contributed by atoms with van der Waals surface area (Å²) in [4.78, 5) is 14.3. The molecule has 0 aliphatic rings. The smallest absolute Gasteiger partial charge is 0.238 e. The van der Waals surface area contributed by atoms with Crippen molar-refractivity contribution in [1.82, 2.24) is 4.98 Å². The van der Waals surface area contributed by atoms with Crippen LogP contribution in [0.4, 0.5) is 5.69 Å². The summed E-state index contributed by atoms with van der Waals surface area (Å²) in [5, 5.41) is 0.956. The highest BCUT2D eigenvalue weighted by molar-refractivity contribution is 7.71. The molecule has 16 heavy (non-hydrogen) atoms. The van der Waals surface area contributed by atoms with Gasteiger partial charge in [-0.25, -0.2) is 4.42 Å². The number of rotatable bonds is 1. The third kappa shape index (κ3) is 1.94. The summed E-state index contributed by atoms with van der Waals surface area (Å²) in [5.41, 5.74) is 1.37. The zero-order chi connectivity index (χ0) is 11.7. The first-order valence-electron chi connectivity index (χ1n) is 4.68. The van der Waals surface area contributed by atoms with Crippen molar-refractivity contribution in [1.29, 1.82) is 0 Å². The lowest BCUT2D eigenvalue weighted by atomic mass is 10.2. The Labute approximate surface area is 103 Å². The fraction of sp³-hybridized carbons (Fsp3) is 0.0909. The monoisotopic (exact) mass is 252 g/mol. The number of nitrogens with one attached hydrogen (secondary N) is 1. The molecule has 1 amide bonds. The van der Waals surface area contributed by atoms with E-state index in [4.69, 9.17) is 24.0 Å². The molecule has 1 heterocycles. The van der Waals surface area contributed by atoms with Crippen LogP contribution in [0.3, 0.4) is 0 Å². The van der Waals surface area contributed by atoms with Gasteiger partial charge in [-0.15, -0.1) is 0 Å². The predicted molar refractivity (Wildman–Crippen MR) is 68.1 cm³/mol. The fourth-order valence-electron chi connectivity index (χ4n) is 1.50. The molecule has 2 aromatic rings. The number of hydrogen-bond acceptors (Lipinski definition) is 2. The Morgan fingerprint density at radius 3 is 2.81 bits per heavy atom. The van der Waals surface area contributed by atoms with Crippen molar-refractivity contribution in [2.24, 2.45) is 0 Å². The van der Waals surface area contributed by atoms with E-state index in [1.807, 2.05) is 18.2 Å². The fourth-order valence-corrected chi connectivity index (χ4v) is 1.81. The molecule has 5 heteroatoms. The van der Waals surface area contributed by atoms with E-state index in [1.165, 1.54) is 6.92 Å². The molecule has 0 fully saturated rings. The van der Waals surface area contributed by atoms with Gasteiger partial charge in [0.1, 0.15) is 4.64 Å². The van der Waals surface area contributed by atoms with Crippen molar-refractivity contribution in [3.8, 4) is 0 Å². The third-order valence-corrected chi connectivity index (χ3v) is 2.88. The third-order valence-electron chi connectivity index (χ3n) is 2.23. The molecule has 0 unspecified atom stereocenters. The molecule has 0 atom stereocenters. The maximum Gasteiger partial charge on any atom is 0.238 e. The van der Waals surface area contributed by atoms with Crippen molar-refractivity contribution in [2.45, 2.75) is 6.92 Å². The lowest BCUT2D eigenvalue weighted by molar-refractivity contribution is -0.115. The number of halogens is 1. The molecule has 0 aliphatic heterocycles. The Bertz CT molecular complexity index is 608. The molecule has 1 aromatic carbocycles. The molecule has 1 N–H and O–H groups in total. The van der Waals surface area contributed by atoms with Crippen LogP contribution in [-0.2, 0) is 4.79 Å². The van der Waals surface area contributed by atoms with Crippen LogP contribution in [0, 0.1) is 4.64 Å². The van der Waals surface area contributed by atoms with Crippen LogP contribution in [0.25, 0.3) is 10.9 Å². The van der Waals surface area contributed by atoms with Gasteiger partial charge in [0.2, 0.25) is 5.91 Å². The van der Waals surface area contributed by atoms with E-state index < -0.39 is 0 Å². The molecule has 0 saturated carbocycles. The van der Waals surface area contributed by atoms with Crippen LogP contribution in [0.5, 0.6) is 0 Å². The van der Waals surface area contributed by atoms with Crippen molar-refractivity contribution < 1.29 is 4.79 Å². The van der Waals surface area contributed by atoms with Crippen LogP contribution in [0.1, 0.15) is 6.92 Å². The number of carbonyl (C=O) groups excluding carboxylic acids is 1. The van der Waals surface area contributed by atoms with Crippen molar-refractivity contribution in [3.63, 3.8) is 0 Å². The molecule has 0 radical (unpaired) electrons. The normalized spacial score (nSPS) is 10.4. The van der Waals surface area contributed by atoms with E-state index in [-0.39, 0.29) is 5.91 Å². The van der Waals surface area contributed by atoms with Crippen molar-refractivity contribution in [2.75, 3.05) is 4.42 Å². The lowest BCUT2D eigenvalue weighted by Gasteiger charge is -2.13. The van der Waals surface area contributed by atoms with E-state index in [0.717, 1.165) is 15.3 Å². The molecule has 1 aromatic heterocycles. The number of nitrogens with zero attached hydrogens (tertiary/aromatic N) is 1. The summed E-state index contributed by atoms with van der Waals surface area (Å²) >= 11 is 11.0. The van der Waals surface area contributed by atoms with Crippen LogP contribution in [-0.4, -0.2) is 10.9 Å². The van der Waals surface area contributed by atoms with E-state index >= 15 is 0 Å². The molecular weight excluding hydrogens is 244 g/mol. The Hall–Kier alpha value is -1.39. The minimum absolute atomic E-state index is 0.239. The van der Waals surface area contributed by atoms with Gasteiger partial charge in [-0.05, 0) is 18.2 Å². The summed E-state index contributed by atoms with van der Waals surface area (Å²) in [6, 6.07) is 9.22. The van der Waals surface area contributed by atoms with Crippen LogP contribution in [0.15, 0.2) is 30.3 Å². The first kappa shape index (κ1) is 11.1. The average Bonchev–Trinajstić information content (AvgIpc) is 2.27. The summed E-state index contributed by atoms with van der Waals surface area (Å²) < 4.78 is 1.68. The Morgan fingerprint density at radius 2 is 2.12 bits per heavy atom. The molecular formula is C11H9ClN2OS. The van der Waals surface area contributed by atoms with E-state index in [9.17, 15) is 4.79 Å². The van der Waals surface area contributed by atoms with Gasteiger partial charge in [-0.3, -0.25) is 4.79 Å². The summed E-state index contributed by atoms with van der Waals surface area (Å²) in [7, 11) is 0. The van der Waals surface area contributed by atoms with Gasteiger partial charge in [0, 0.05) is 24.1 Å². The molecule has 3 nitrogen and oxygen atoms in total. The maximum absolute atomic E-state index is 11.2. The minimum atomic E-state index is -0.239. The number of carbonyl (C=O) groups is 1. The summed E-state index contributed by atoms with van der Waals surface area (Å²) in [6.07, 6.45) is 0. The maximum atomic E-state index is 11.2. The first-order valence-corrected chi connectivity index (χ1v) is 5.43. The zero-order valence-electron chi connectivity index (χ0n) is 8.53. The van der Waals surface area contributed by atoms with Gasteiger partial charge < -0.3 is 4.98 Å². The summed E-state index contributed by atoms with van der Waals surface area (Å²) in [5.74, 6) is -0.239. The summed E-state index contributed by atoms with van der Waals surface area (Å²) in [6.45, 7) is 1.41. The van der Waals surface area contributed by atoms with Gasteiger partial charge in [0.25, 0.3) is 0 Å². The van der Waals surface area contributed by atoms with Gasteiger partial charge in [-0.1, -0.05) is 24.4 Å². The van der Waals surface area contributed by atoms with Gasteiger partial charge in [0.05, 0.1) is 11.2 Å². The Balaban J connectivity index is 2.74. The van der Waals surface area contributed by atoms with Gasteiger partial charge >= 0.3 is 0 Å². The van der Waals surface area contributed by atoms with Crippen LogP contribution >= 0.6 is 24.0 Å². The molecule has 82 valence electrons. The van der Waals surface area contributed by atoms with Gasteiger partial charge in [0.15, 0.2) is 0 Å². The standard InChI is InChI=1S/C11H9ClN2OS/c1-7(15)14(12)9-4-2-3-8-5-6-10(16)13-11(8)9/h2-6H,1H3,(H,13,16). The zero-order valence-corrected chi connectivity index (χ0v) is 10.1. The number of anilines is 1. The average molecular weight is 253 g/mol. The van der Waals surface area contributed by atoms with Crippen molar-refractivity contribution >= 4 is 46.5 Å². The minimum Gasteiger partial charge on any atom is -0.344 e. The number of hydrogen-bond donors (Lipinski definition) is 1. The van der Waals surface area contributed by atoms with Crippen LogP contribution < -0.4 is 4.42 Å². The number of aromatic nitrogens is 1. The molecule has 0 bridgehead atoms. The largest absolute Gasteiger partial charge is 0.344 e. The number of aromatic amines is 1. The quantitative estimate of drug-likeness (QED) is 0.624. The van der Waals surface area contributed by atoms with Crippen molar-refractivity contribution in [3.05, 3.63) is 35.0 Å². The number of benzene rings is 1. The highest BCUT2D eigenvalue weighted by atomic mass is 35.5. The molecule has 0 aliphatic carbocycles. The highest BCUT2D eigenvalue weighted by Crippen LogP contribution is 2.26. The number of amides is 1. The first-order chi connectivity index (χ1) is 7.59. The molecule has 2 rings (SSSR count). The number of fused-ring (bicyclic) bond motifs is 1. The number of H-pyrrole nitrogens is 1. The number of para-hydroxylation sites is 1. The lowest BCUT2D eigenvalue weighted by Crippen LogP contribution is -2.16. The topological polar surface area (TPSA) is 36.1 Å². The van der Waals surface area contributed by atoms with E-state index in [0.29, 0.717) is 10.3 Å². The highest BCUT2D eigenvalue weighted by Gasteiger charge is 2.11. The second-order valence-corrected chi connectivity index (χ2v) is 4.14. The predicted octanol–water partition coefficient (Wildman–Crippen LogP) is 3.40. The number of pyridine rings is 1. The Kier molecular flexibility index (Phi) is 2.94. The SMILES string of the molecule is CC(=O)N(Cl)c1cccc2ccc(=S)[nH]c12. The Morgan fingerprint density at radius 1 is 1.38 bits per heavy atom. The van der Waals surface area contributed by atoms with E-state index in [1.54, 1.807) is 12.1 Å². The molecule has 0 saturated heterocycles. The molecule has 0 spiro atoms. The van der Waals surface area contributed by atoms with Crippen LogP contribution in [0.2, 0.25) is 0 Å². The second kappa shape index (κ2) is 4.23.